The number of hydrogen-bond acceptors (Lipinski definition) is 3. The summed E-state index contributed by atoms with van der Waals surface area (Å²) in [7, 11) is 0. The molecule has 0 saturated heterocycles. The Morgan fingerprint density at radius 3 is 2.54 bits per heavy atom. The topological polar surface area (TPSA) is 47.6 Å². The lowest BCUT2D eigenvalue weighted by atomic mass is 9.88. The Bertz CT molecular complexity index is 682. The van der Waals surface area contributed by atoms with Crippen LogP contribution < -0.4 is 14.8 Å². The number of carbonyl (C=O) groups excluding carboxylic acids is 1. The van der Waals surface area contributed by atoms with Crippen LogP contribution in [-0.4, -0.2) is 19.1 Å². The van der Waals surface area contributed by atoms with Gasteiger partial charge in [-0.3, -0.25) is 4.79 Å². The molecule has 1 atom stereocenters. The molecule has 0 aromatic heterocycles. The van der Waals surface area contributed by atoms with Crippen LogP contribution in [0.25, 0.3) is 0 Å². The van der Waals surface area contributed by atoms with Crippen LogP contribution >= 0.6 is 0 Å². The van der Waals surface area contributed by atoms with Crippen molar-refractivity contribution in [3.8, 4) is 11.5 Å². The third-order valence-electron chi connectivity index (χ3n) is 4.21. The summed E-state index contributed by atoms with van der Waals surface area (Å²) < 4.78 is 10.9. The molecule has 0 saturated carbocycles. The van der Waals surface area contributed by atoms with Gasteiger partial charge in [0.05, 0.1) is 12.6 Å². The standard InChI is InChI=1S/C20H23NO3/c1-2-23-16-10-12-17(13-11-16)24-14-20(22)21-19-9-5-7-15-6-3-4-8-18(15)19/h3-4,6,8,10-13,19H,2,5,7,9,14H2,1H3,(H,21,22). The van der Waals surface area contributed by atoms with Gasteiger partial charge in [0, 0.05) is 0 Å². The van der Waals surface area contributed by atoms with E-state index in [1.165, 1.54) is 11.1 Å². The molecule has 0 spiro atoms. The van der Waals surface area contributed by atoms with E-state index in [9.17, 15) is 4.79 Å². The third kappa shape index (κ3) is 4.07. The fourth-order valence-corrected chi connectivity index (χ4v) is 3.09. The molecule has 1 amide bonds. The molecular formula is C20H23NO3. The molecule has 0 heterocycles. The minimum absolute atomic E-state index is 0.0205. The summed E-state index contributed by atoms with van der Waals surface area (Å²) in [5.74, 6) is 1.37. The Labute approximate surface area is 142 Å². The third-order valence-corrected chi connectivity index (χ3v) is 4.21. The second-order valence-corrected chi connectivity index (χ2v) is 5.90. The van der Waals surface area contributed by atoms with Crippen LogP contribution in [-0.2, 0) is 11.2 Å². The van der Waals surface area contributed by atoms with Gasteiger partial charge in [-0.1, -0.05) is 24.3 Å². The quantitative estimate of drug-likeness (QED) is 0.882. The maximum absolute atomic E-state index is 12.2. The highest BCUT2D eigenvalue weighted by Gasteiger charge is 2.21. The van der Waals surface area contributed by atoms with Crippen LogP contribution in [0.5, 0.6) is 11.5 Å². The van der Waals surface area contributed by atoms with Gasteiger partial charge in [0.1, 0.15) is 11.5 Å². The number of hydrogen-bond donors (Lipinski definition) is 1. The number of aryl methyl sites for hydroxylation is 1. The predicted octanol–water partition coefficient (Wildman–Crippen LogP) is 3.66. The highest BCUT2D eigenvalue weighted by atomic mass is 16.5. The first-order valence-electron chi connectivity index (χ1n) is 8.49. The number of ether oxygens (including phenoxy) is 2. The highest BCUT2D eigenvalue weighted by Crippen LogP contribution is 2.29. The second-order valence-electron chi connectivity index (χ2n) is 5.90. The normalized spacial score (nSPS) is 16.1. The van der Waals surface area contributed by atoms with Crippen molar-refractivity contribution in [1.29, 1.82) is 0 Å². The molecule has 1 N–H and O–H groups in total. The molecular weight excluding hydrogens is 302 g/mol. The lowest BCUT2D eigenvalue weighted by Crippen LogP contribution is -2.34. The average molecular weight is 325 g/mol. The summed E-state index contributed by atoms with van der Waals surface area (Å²) >= 11 is 0. The molecule has 2 aromatic carbocycles. The van der Waals surface area contributed by atoms with Crippen LogP contribution in [0.3, 0.4) is 0 Å². The van der Waals surface area contributed by atoms with Crippen molar-refractivity contribution < 1.29 is 14.3 Å². The summed E-state index contributed by atoms with van der Waals surface area (Å²) in [4.78, 5) is 12.2. The molecule has 0 radical (unpaired) electrons. The van der Waals surface area contributed by atoms with Gasteiger partial charge < -0.3 is 14.8 Å². The van der Waals surface area contributed by atoms with Gasteiger partial charge in [-0.25, -0.2) is 0 Å². The minimum atomic E-state index is -0.0920. The second kappa shape index (κ2) is 7.86. The first kappa shape index (κ1) is 16.4. The van der Waals surface area contributed by atoms with Crippen LogP contribution in [0.2, 0.25) is 0 Å². The van der Waals surface area contributed by atoms with E-state index in [1.807, 2.05) is 37.3 Å². The summed E-state index contributed by atoms with van der Waals surface area (Å²) in [5.41, 5.74) is 2.57. The Morgan fingerprint density at radius 1 is 1.08 bits per heavy atom. The Morgan fingerprint density at radius 2 is 1.79 bits per heavy atom. The highest BCUT2D eigenvalue weighted by molar-refractivity contribution is 5.78. The Balaban J connectivity index is 1.53. The van der Waals surface area contributed by atoms with Gasteiger partial charge in [-0.05, 0) is 61.6 Å². The number of benzene rings is 2. The average Bonchev–Trinajstić information content (AvgIpc) is 2.62. The number of nitrogens with one attached hydrogen (secondary N) is 1. The van der Waals surface area contributed by atoms with E-state index in [0.29, 0.717) is 12.4 Å². The number of fused-ring (bicyclic) bond motifs is 1. The maximum atomic E-state index is 12.2. The van der Waals surface area contributed by atoms with E-state index >= 15 is 0 Å². The molecule has 1 unspecified atom stereocenters. The molecule has 2 aromatic rings. The fourth-order valence-electron chi connectivity index (χ4n) is 3.09. The van der Waals surface area contributed by atoms with Gasteiger partial charge in [0.2, 0.25) is 0 Å². The molecule has 0 fully saturated rings. The predicted molar refractivity (Wildman–Crippen MR) is 93.4 cm³/mol. The van der Waals surface area contributed by atoms with Crippen molar-refractivity contribution in [1.82, 2.24) is 5.32 Å². The van der Waals surface area contributed by atoms with Gasteiger partial charge in [-0.15, -0.1) is 0 Å². The SMILES string of the molecule is CCOc1ccc(OCC(=O)NC2CCCc3ccccc32)cc1. The maximum Gasteiger partial charge on any atom is 0.258 e. The van der Waals surface area contributed by atoms with Crippen LogP contribution in [0.4, 0.5) is 0 Å². The van der Waals surface area contributed by atoms with Crippen molar-refractivity contribution in [3.63, 3.8) is 0 Å². The Kier molecular flexibility index (Phi) is 5.36. The first-order chi connectivity index (χ1) is 11.8. The Hall–Kier alpha value is -2.49. The van der Waals surface area contributed by atoms with Crippen LogP contribution in [0.15, 0.2) is 48.5 Å². The molecule has 1 aliphatic rings. The molecule has 0 bridgehead atoms. The van der Waals surface area contributed by atoms with Crippen molar-refractivity contribution in [2.75, 3.05) is 13.2 Å². The molecule has 4 heteroatoms. The zero-order chi connectivity index (χ0) is 16.8. The smallest absolute Gasteiger partial charge is 0.258 e. The largest absolute Gasteiger partial charge is 0.494 e. The first-order valence-corrected chi connectivity index (χ1v) is 8.49. The summed E-state index contributed by atoms with van der Waals surface area (Å²) in [6.07, 6.45) is 3.17. The van der Waals surface area contributed by atoms with E-state index < -0.39 is 0 Å². The van der Waals surface area contributed by atoms with E-state index in [-0.39, 0.29) is 18.6 Å². The fraction of sp³-hybridized carbons (Fsp3) is 0.350. The zero-order valence-corrected chi connectivity index (χ0v) is 14.0. The molecule has 4 nitrogen and oxygen atoms in total. The number of amides is 1. The zero-order valence-electron chi connectivity index (χ0n) is 14.0. The van der Waals surface area contributed by atoms with Gasteiger partial charge >= 0.3 is 0 Å². The molecule has 126 valence electrons. The van der Waals surface area contributed by atoms with Crippen molar-refractivity contribution in [2.24, 2.45) is 0 Å². The monoisotopic (exact) mass is 325 g/mol. The van der Waals surface area contributed by atoms with Crippen molar-refractivity contribution in [3.05, 3.63) is 59.7 Å². The lowest BCUT2D eigenvalue weighted by molar-refractivity contribution is -0.123. The van der Waals surface area contributed by atoms with E-state index in [1.54, 1.807) is 0 Å². The van der Waals surface area contributed by atoms with Gasteiger partial charge in [0.25, 0.3) is 5.91 Å². The van der Waals surface area contributed by atoms with E-state index in [4.69, 9.17) is 9.47 Å². The lowest BCUT2D eigenvalue weighted by Gasteiger charge is -2.26. The van der Waals surface area contributed by atoms with E-state index in [2.05, 4.69) is 23.5 Å². The van der Waals surface area contributed by atoms with Crippen LogP contribution in [0, 0.1) is 0 Å². The summed E-state index contributed by atoms with van der Waals surface area (Å²) in [6.45, 7) is 2.59. The molecule has 3 rings (SSSR count). The van der Waals surface area contributed by atoms with E-state index in [0.717, 1.165) is 25.0 Å². The summed E-state index contributed by atoms with van der Waals surface area (Å²) in [5, 5.41) is 3.09. The van der Waals surface area contributed by atoms with Gasteiger partial charge in [0.15, 0.2) is 6.61 Å². The molecule has 1 aliphatic carbocycles. The molecule has 24 heavy (non-hydrogen) atoms. The van der Waals surface area contributed by atoms with Gasteiger partial charge in [-0.2, -0.15) is 0 Å². The number of carbonyl (C=O) groups is 1. The number of rotatable bonds is 6. The van der Waals surface area contributed by atoms with Crippen molar-refractivity contribution in [2.45, 2.75) is 32.2 Å². The van der Waals surface area contributed by atoms with Crippen LogP contribution in [0.1, 0.15) is 36.9 Å². The van der Waals surface area contributed by atoms with Crippen molar-refractivity contribution >= 4 is 5.91 Å². The minimum Gasteiger partial charge on any atom is -0.494 e. The summed E-state index contributed by atoms with van der Waals surface area (Å²) in [6, 6.07) is 15.7. The molecule has 0 aliphatic heterocycles.